The summed E-state index contributed by atoms with van der Waals surface area (Å²) in [7, 11) is 11.1. The van der Waals surface area contributed by atoms with Gasteiger partial charge in [-0.25, -0.2) is 0 Å². The van der Waals surface area contributed by atoms with Crippen molar-refractivity contribution in [1.82, 2.24) is 20.4 Å². The van der Waals surface area contributed by atoms with Crippen LogP contribution in [0, 0.1) is 0 Å². The second-order valence-corrected chi connectivity index (χ2v) is 7.75. The van der Waals surface area contributed by atoms with E-state index in [-0.39, 0.29) is 11.9 Å². The number of benzene rings is 2. The fraction of sp³-hybridized carbons (Fsp3) is 0.417. The molecule has 1 amide bonds. The summed E-state index contributed by atoms with van der Waals surface area (Å²) in [6.45, 7) is 1.39. The molecule has 0 heterocycles. The fourth-order valence-electron chi connectivity index (χ4n) is 3.37. The van der Waals surface area contributed by atoms with Crippen molar-refractivity contribution < 1.29 is 9.53 Å². The molecule has 0 aromatic heterocycles. The quantitative estimate of drug-likeness (QED) is 0.477. The van der Waals surface area contributed by atoms with Crippen molar-refractivity contribution in [2.45, 2.75) is 12.5 Å². The lowest BCUT2D eigenvalue weighted by Crippen LogP contribution is -2.42. The van der Waals surface area contributed by atoms with Gasteiger partial charge >= 0.3 is 0 Å². The van der Waals surface area contributed by atoms with E-state index >= 15 is 0 Å². The van der Waals surface area contributed by atoms with Crippen LogP contribution in [0.25, 0.3) is 0 Å². The third-order valence-electron chi connectivity index (χ3n) is 5.09. The molecule has 31 heavy (non-hydrogen) atoms. The number of likely N-dealkylation sites (N-methyl/N-ethyl adjacent to an activating group) is 1. The van der Waals surface area contributed by atoms with Crippen molar-refractivity contribution in [3.8, 4) is 5.75 Å². The third kappa shape index (κ3) is 7.00. The Kier molecular flexibility index (Phi) is 9.34. The monoisotopic (exact) mass is 425 g/mol. The first-order chi connectivity index (χ1) is 14.9. The molecule has 0 saturated carbocycles. The predicted molar refractivity (Wildman–Crippen MR) is 127 cm³/mol. The molecule has 0 spiro atoms. The zero-order valence-electron chi connectivity index (χ0n) is 19.5. The summed E-state index contributed by atoms with van der Waals surface area (Å²) < 4.78 is 5.54. The van der Waals surface area contributed by atoms with Crippen LogP contribution in [-0.4, -0.2) is 77.1 Å². The first-order valence-electron chi connectivity index (χ1n) is 10.4. The van der Waals surface area contributed by atoms with E-state index in [1.165, 1.54) is 0 Å². The molecule has 7 heteroatoms. The van der Waals surface area contributed by atoms with E-state index in [1.807, 2.05) is 42.5 Å². The topological polar surface area (TPSA) is 69.2 Å². The van der Waals surface area contributed by atoms with Gasteiger partial charge in [0, 0.05) is 45.4 Å². The summed E-state index contributed by atoms with van der Waals surface area (Å²) in [6.07, 6.45) is 0.791. The van der Waals surface area contributed by atoms with Crippen LogP contribution in [0.3, 0.4) is 0 Å². The number of nitrogens with zero attached hydrogens (tertiary/aromatic N) is 3. The van der Waals surface area contributed by atoms with Gasteiger partial charge in [0.15, 0.2) is 5.96 Å². The Hall–Kier alpha value is -3.06. The highest BCUT2D eigenvalue weighted by atomic mass is 16.5. The first kappa shape index (κ1) is 24.2. The van der Waals surface area contributed by atoms with Gasteiger partial charge in [-0.1, -0.05) is 30.3 Å². The Morgan fingerprint density at radius 2 is 1.81 bits per heavy atom. The molecule has 2 aromatic carbocycles. The Labute approximate surface area is 186 Å². The SMILES string of the molecule is CN=C(NCCc1cccc(C(=O)N(C)C)c1)NCC(c1ccccc1OC)N(C)C. The second-order valence-electron chi connectivity index (χ2n) is 7.75. The van der Waals surface area contributed by atoms with E-state index < -0.39 is 0 Å². The Morgan fingerprint density at radius 3 is 2.45 bits per heavy atom. The number of amides is 1. The molecule has 0 aliphatic heterocycles. The smallest absolute Gasteiger partial charge is 0.253 e. The van der Waals surface area contributed by atoms with E-state index in [4.69, 9.17) is 4.74 Å². The van der Waals surface area contributed by atoms with Gasteiger partial charge in [-0.05, 0) is 44.3 Å². The molecule has 7 nitrogen and oxygen atoms in total. The van der Waals surface area contributed by atoms with Gasteiger partial charge in [-0.15, -0.1) is 0 Å². The van der Waals surface area contributed by atoms with E-state index in [1.54, 1.807) is 33.2 Å². The summed E-state index contributed by atoms with van der Waals surface area (Å²) >= 11 is 0. The fourth-order valence-corrected chi connectivity index (χ4v) is 3.37. The molecular weight excluding hydrogens is 390 g/mol. The number of guanidine groups is 1. The number of ether oxygens (including phenoxy) is 1. The highest BCUT2D eigenvalue weighted by molar-refractivity contribution is 5.94. The molecule has 1 atom stereocenters. The molecule has 2 aromatic rings. The maximum absolute atomic E-state index is 12.2. The number of methoxy groups -OCH3 is 1. The Bertz CT molecular complexity index is 880. The minimum atomic E-state index is 0.0124. The largest absolute Gasteiger partial charge is 0.496 e. The molecule has 0 aliphatic rings. The van der Waals surface area contributed by atoms with E-state index in [9.17, 15) is 4.79 Å². The van der Waals surface area contributed by atoms with E-state index in [2.05, 4.69) is 40.7 Å². The number of rotatable bonds is 9. The Balaban J connectivity index is 1.94. The van der Waals surface area contributed by atoms with Crippen molar-refractivity contribution in [3.63, 3.8) is 0 Å². The van der Waals surface area contributed by atoms with Gasteiger partial charge in [-0.3, -0.25) is 9.79 Å². The normalized spacial score (nSPS) is 12.4. The average molecular weight is 426 g/mol. The van der Waals surface area contributed by atoms with Crippen molar-refractivity contribution in [2.75, 3.05) is 55.4 Å². The number of hydrogen-bond acceptors (Lipinski definition) is 4. The van der Waals surface area contributed by atoms with Crippen LogP contribution >= 0.6 is 0 Å². The van der Waals surface area contributed by atoms with Crippen LogP contribution in [0.4, 0.5) is 0 Å². The second kappa shape index (κ2) is 12.0. The molecule has 0 saturated heterocycles. The van der Waals surface area contributed by atoms with E-state index in [0.717, 1.165) is 29.3 Å². The molecular formula is C24H35N5O2. The molecule has 168 valence electrons. The van der Waals surface area contributed by atoms with Gasteiger partial charge in [0.05, 0.1) is 13.2 Å². The molecule has 0 aliphatic carbocycles. The molecule has 2 N–H and O–H groups in total. The van der Waals surface area contributed by atoms with Gasteiger partial charge < -0.3 is 25.2 Å². The molecule has 2 rings (SSSR count). The Morgan fingerprint density at radius 1 is 1.06 bits per heavy atom. The van der Waals surface area contributed by atoms with E-state index in [0.29, 0.717) is 18.7 Å². The summed E-state index contributed by atoms with van der Waals surface area (Å²) in [5.41, 5.74) is 2.94. The van der Waals surface area contributed by atoms with Gasteiger partial charge in [0.25, 0.3) is 5.91 Å². The summed E-state index contributed by atoms with van der Waals surface area (Å²) in [6, 6.07) is 16.0. The van der Waals surface area contributed by atoms with Crippen molar-refractivity contribution in [3.05, 3.63) is 65.2 Å². The summed E-state index contributed by atoms with van der Waals surface area (Å²) in [5, 5.41) is 6.77. The lowest BCUT2D eigenvalue weighted by Gasteiger charge is -2.27. The zero-order valence-corrected chi connectivity index (χ0v) is 19.5. The molecule has 1 unspecified atom stereocenters. The number of hydrogen-bond donors (Lipinski definition) is 2. The van der Waals surface area contributed by atoms with Crippen LogP contribution in [0.2, 0.25) is 0 Å². The predicted octanol–water partition coefficient (Wildman–Crippen LogP) is 2.41. The number of carbonyl (C=O) groups is 1. The van der Waals surface area contributed by atoms with Crippen LogP contribution in [0.1, 0.15) is 27.5 Å². The lowest BCUT2D eigenvalue weighted by atomic mass is 10.0. The van der Waals surface area contributed by atoms with Crippen molar-refractivity contribution >= 4 is 11.9 Å². The first-order valence-corrected chi connectivity index (χ1v) is 10.4. The number of para-hydroxylation sites is 1. The maximum atomic E-state index is 12.2. The lowest BCUT2D eigenvalue weighted by molar-refractivity contribution is 0.0827. The van der Waals surface area contributed by atoms with Gasteiger partial charge in [0.1, 0.15) is 5.75 Å². The maximum Gasteiger partial charge on any atom is 0.253 e. The van der Waals surface area contributed by atoms with Crippen molar-refractivity contribution in [1.29, 1.82) is 0 Å². The standard InChI is InChI=1S/C24H35N5O2/c1-25-24(26-15-14-18-10-9-11-19(16-18)23(30)29(4)5)27-17-21(28(2)3)20-12-7-8-13-22(20)31-6/h7-13,16,21H,14-15,17H2,1-6H3,(H2,25,26,27). The van der Waals surface area contributed by atoms with Crippen molar-refractivity contribution in [2.24, 2.45) is 4.99 Å². The van der Waals surface area contributed by atoms with Crippen LogP contribution in [-0.2, 0) is 6.42 Å². The number of carbonyl (C=O) groups excluding carboxylic acids is 1. The van der Waals surface area contributed by atoms with Crippen LogP contribution in [0.5, 0.6) is 5.75 Å². The average Bonchev–Trinajstić information content (AvgIpc) is 2.77. The van der Waals surface area contributed by atoms with Gasteiger partial charge in [-0.2, -0.15) is 0 Å². The van der Waals surface area contributed by atoms with Crippen LogP contribution in [0.15, 0.2) is 53.5 Å². The molecule has 0 bridgehead atoms. The number of aliphatic imine (C=N–C) groups is 1. The summed E-state index contributed by atoms with van der Waals surface area (Å²) in [4.78, 5) is 20.2. The zero-order chi connectivity index (χ0) is 22.8. The third-order valence-corrected chi connectivity index (χ3v) is 5.09. The van der Waals surface area contributed by atoms with Gasteiger partial charge in [0.2, 0.25) is 0 Å². The minimum absolute atomic E-state index is 0.0124. The number of nitrogens with one attached hydrogen (secondary N) is 2. The van der Waals surface area contributed by atoms with Crippen LogP contribution < -0.4 is 15.4 Å². The molecule has 0 fully saturated rings. The highest BCUT2D eigenvalue weighted by Gasteiger charge is 2.18. The summed E-state index contributed by atoms with van der Waals surface area (Å²) in [5.74, 6) is 1.62. The minimum Gasteiger partial charge on any atom is -0.496 e. The highest BCUT2D eigenvalue weighted by Crippen LogP contribution is 2.27. The molecule has 0 radical (unpaired) electrons.